The van der Waals surface area contributed by atoms with Crippen molar-refractivity contribution in [1.82, 2.24) is 4.57 Å². The van der Waals surface area contributed by atoms with Crippen LogP contribution in [0.5, 0.6) is 0 Å². The molecule has 0 N–H and O–H groups in total. The first-order chi connectivity index (χ1) is 6.59. The van der Waals surface area contributed by atoms with Gasteiger partial charge in [0.2, 0.25) is 0 Å². The molecule has 0 unspecified atom stereocenters. The Hall–Kier alpha value is -1.84. The summed E-state index contributed by atoms with van der Waals surface area (Å²) in [7, 11) is 1.70. The van der Waals surface area contributed by atoms with Crippen LogP contribution in [0, 0.1) is 5.82 Å². The van der Waals surface area contributed by atoms with Gasteiger partial charge in [-0.15, -0.1) is 0 Å². The quantitative estimate of drug-likeness (QED) is 0.667. The molecular weight excluding hydrogens is 185 g/mol. The normalized spacial score (nSPS) is 10.7. The second kappa shape index (κ2) is 2.83. The first-order valence-corrected chi connectivity index (χ1v) is 4.05. The number of aromatic nitrogens is 1. The molecule has 4 heteroatoms. The molecule has 0 fully saturated rings. The van der Waals surface area contributed by atoms with E-state index in [-0.39, 0.29) is 5.56 Å². The minimum absolute atomic E-state index is 0.138. The zero-order chi connectivity index (χ0) is 10.3. The maximum absolute atomic E-state index is 13.4. The number of benzene rings is 1. The van der Waals surface area contributed by atoms with Crippen LogP contribution in [0.3, 0.4) is 0 Å². The Kier molecular flexibility index (Phi) is 1.77. The molecule has 3 nitrogen and oxygen atoms in total. The van der Waals surface area contributed by atoms with Gasteiger partial charge >= 0.3 is 0 Å². The van der Waals surface area contributed by atoms with Crippen LogP contribution in [0.15, 0.2) is 24.4 Å². The Balaban J connectivity index is 2.80. The molecule has 1 aromatic carbocycles. The molecule has 0 saturated carbocycles. The number of nitrogens with zero attached hydrogens (tertiary/aromatic N) is 1. The second-order valence-electron chi connectivity index (χ2n) is 3.11. The van der Waals surface area contributed by atoms with Gasteiger partial charge in [0.15, 0.2) is 0 Å². The number of carbonyl (C=O) groups excluding carboxylic acids is 1. The van der Waals surface area contributed by atoms with Gasteiger partial charge in [0, 0.05) is 24.2 Å². The summed E-state index contributed by atoms with van der Waals surface area (Å²) in [5, 5.41) is 11.1. The lowest BCUT2D eigenvalue weighted by atomic mass is 10.1. The van der Waals surface area contributed by atoms with E-state index in [1.54, 1.807) is 23.9 Å². The van der Waals surface area contributed by atoms with Crippen molar-refractivity contribution in [3.8, 4) is 0 Å². The van der Waals surface area contributed by atoms with Crippen molar-refractivity contribution in [3.63, 3.8) is 0 Å². The third kappa shape index (κ3) is 1.16. The smallest absolute Gasteiger partial charge is 0.148 e. The number of rotatable bonds is 1. The number of halogens is 1. The Labute approximate surface area is 79.4 Å². The number of aryl methyl sites for hydroxylation is 1. The van der Waals surface area contributed by atoms with Crippen LogP contribution in [-0.2, 0) is 7.05 Å². The number of hydrogen-bond donors (Lipinski definition) is 0. The summed E-state index contributed by atoms with van der Waals surface area (Å²) in [6.07, 6.45) is 1.67. The maximum atomic E-state index is 13.4. The highest BCUT2D eigenvalue weighted by Gasteiger charge is 2.07. The number of fused-ring (bicyclic) bond motifs is 1. The summed E-state index contributed by atoms with van der Waals surface area (Å²) < 4.78 is 15.0. The van der Waals surface area contributed by atoms with Crippen molar-refractivity contribution in [2.45, 2.75) is 0 Å². The van der Waals surface area contributed by atoms with Gasteiger partial charge in [-0.1, -0.05) is 0 Å². The van der Waals surface area contributed by atoms with Gasteiger partial charge in [0.05, 0.1) is 11.5 Å². The lowest BCUT2D eigenvalue weighted by molar-refractivity contribution is -0.255. The van der Waals surface area contributed by atoms with E-state index in [1.807, 2.05) is 0 Å². The molecular formula is C10H7FNO2-. The zero-order valence-electron chi connectivity index (χ0n) is 7.45. The lowest BCUT2D eigenvalue weighted by Crippen LogP contribution is -2.22. The van der Waals surface area contributed by atoms with Gasteiger partial charge in [-0.3, -0.25) is 0 Å². The topological polar surface area (TPSA) is 45.1 Å². The van der Waals surface area contributed by atoms with Gasteiger partial charge in [-0.05, 0) is 18.2 Å². The standard InChI is InChI=1S/C10H8FNO2/c1-12-3-2-6-4-7(10(13)14)5-8(11)9(6)12/h2-5H,1H3,(H,13,14)/p-1. The molecule has 1 heterocycles. The molecule has 2 rings (SSSR count). The van der Waals surface area contributed by atoms with Gasteiger partial charge in [0.1, 0.15) is 5.82 Å². The molecule has 0 aliphatic heterocycles. The van der Waals surface area contributed by atoms with E-state index in [2.05, 4.69) is 0 Å². The molecule has 0 atom stereocenters. The van der Waals surface area contributed by atoms with E-state index in [9.17, 15) is 14.3 Å². The molecule has 72 valence electrons. The van der Waals surface area contributed by atoms with E-state index < -0.39 is 11.8 Å². The molecule has 1 aromatic heterocycles. The summed E-state index contributed by atoms with van der Waals surface area (Å²) in [6.45, 7) is 0. The first-order valence-electron chi connectivity index (χ1n) is 4.05. The van der Waals surface area contributed by atoms with E-state index in [4.69, 9.17) is 0 Å². The highest BCUT2D eigenvalue weighted by atomic mass is 19.1. The fourth-order valence-electron chi connectivity index (χ4n) is 1.50. The molecule has 0 radical (unpaired) electrons. The molecule has 0 spiro atoms. The van der Waals surface area contributed by atoms with Crippen molar-refractivity contribution < 1.29 is 14.3 Å². The predicted molar refractivity (Wildman–Crippen MR) is 47.2 cm³/mol. The average molecular weight is 192 g/mol. The summed E-state index contributed by atoms with van der Waals surface area (Å²) in [6, 6.07) is 4.02. The Morgan fingerprint density at radius 3 is 2.86 bits per heavy atom. The van der Waals surface area contributed by atoms with E-state index in [0.29, 0.717) is 10.9 Å². The summed E-state index contributed by atoms with van der Waals surface area (Å²) >= 11 is 0. The summed E-state index contributed by atoms with van der Waals surface area (Å²) in [5.74, 6) is -1.91. The maximum Gasteiger partial charge on any atom is 0.148 e. The molecule has 0 bridgehead atoms. The molecule has 0 aliphatic carbocycles. The zero-order valence-corrected chi connectivity index (χ0v) is 7.45. The van der Waals surface area contributed by atoms with Crippen molar-refractivity contribution in [2.24, 2.45) is 7.05 Å². The second-order valence-corrected chi connectivity index (χ2v) is 3.11. The molecule has 0 amide bonds. The van der Waals surface area contributed by atoms with E-state index in [0.717, 1.165) is 6.07 Å². The first kappa shape index (κ1) is 8.74. The summed E-state index contributed by atoms with van der Waals surface area (Å²) in [4.78, 5) is 10.5. The van der Waals surface area contributed by atoms with Gasteiger partial charge < -0.3 is 14.5 Å². The molecule has 0 aliphatic rings. The minimum Gasteiger partial charge on any atom is -0.545 e. The number of carboxylic acid groups (broad SMARTS) is 1. The molecule has 2 aromatic rings. The van der Waals surface area contributed by atoms with Crippen LogP contribution in [0.2, 0.25) is 0 Å². The third-order valence-electron chi connectivity index (χ3n) is 2.16. The van der Waals surface area contributed by atoms with Gasteiger partial charge in [-0.25, -0.2) is 4.39 Å². The number of hydrogen-bond acceptors (Lipinski definition) is 2. The van der Waals surface area contributed by atoms with Crippen molar-refractivity contribution in [1.29, 1.82) is 0 Å². The van der Waals surface area contributed by atoms with Crippen LogP contribution in [0.4, 0.5) is 4.39 Å². The fraction of sp³-hybridized carbons (Fsp3) is 0.100. The summed E-state index contributed by atoms with van der Waals surface area (Å²) in [5.41, 5.74) is 0.260. The van der Waals surface area contributed by atoms with Crippen molar-refractivity contribution >= 4 is 16.9 Å². The number of carbonyl (C=O) groups is 1. The average Bonchev–Trinajstić information content (AvgIpc) is 2.48. The fourth-order valence-corrected chi connectivity index (χ4v) is 1.50. The van der Waals surface area contributed by atoms with Crippen molar-refractivity contribution in [3.05, 3.63) is 35.8 Å². The predicted octanol–water partition coefficient (Wildman–Crippen LogP) is 0.681. The largest absolute Gasteiger partial charge is 0.545 e. The van der Waals surface area contributed by atoms with E-state index in [1.165, 1.54) is 6.07 Å². The highest BCUT2D eigenvalue weighted by molar-refractivity contribution is 5.92. The van der Waals surface area contributed by atoms with Crippen LogP contribution in [0.1, 0.15) is 10.4 Å². The Morgan fingerprint density at radius 2 is 2.21 bits per heavy atom. The molecule has 14 heavy (non-hydrogen) atoms. The van der Waals surface area contributed by atoms with Gasteiger partial charge in [-0.2, -0.15) is 0 Å². The van der Waals surface area contributed by atoms with Gasteiger partial charge in [0.25, 0.3) is 0 Å². The van der Waals surface area contributed by atoms with Crippen LogP contribution in [-0.4, -0.2) is 10.5 Å². The van der Waals surface area contributed by atoms with Crippen LogP contribution < -0.4 is 5.11 Å². The van der Waals surface area contributed by atoms with E-state index >= 15 is 0 Å². The van der Waals surface area contributed by atoms with Crippen LogP contribution in [0.25, 0.3) is 10.9 Å². The Morgan fingerprint density at radius 1 is 1.50 bits per heavy atom. The lowest BCUT2D eigenvalue weighted by Gasteiger charge is -2.04. The van der Waals surface area contributed by atoms with Crippen molar-refractivity contribution in [2.75, 3.05) is 0 Å². The minimum atomic E-state index is -1.37. The monoisotopic (exact) mass is 192 g/mol. The SMILES string of the molecule is Cn1ccc2cc(C(=O)[O-])cc(F)c21. The molecule has 0 saturated heterocycles. The number of carboxylic acids is 1. The van der Waals surface area contributed by atoms with Crippen LogP contribution >= 0.6 is 0 Å². The number of aromatic carboxylic acids is 1. The Bertz CT molecular complexity index is 516. The highest BCUT2D eigenvalue weighted by Crippen LogP contribution is 2.20. The third-order valence-corrected chi connectivity index (χ3v) is 2.16.